The third-order valence-corrected chi connectivity index (χ3v) is 7.66. The SMILES string of the molecule is Cc1c(C(=O)Oc2ccc(Br)c3cccnc23)oc2c1/C(=N/NS(=O)(=O)c1ccccc1)CCC2. The van der Waals surface area contributed by atoms with Crippen molar-refractivity contribution in [1.29, 1.82) is 0 Å². The maximum Gasteiger partial charge on any atom is 0.380 e. The van der Waals surface area contributed by atoms with Gasteiger partial charge in [0.25, 0.3) is 10.0 Å². The van der Waals surface area contributed by atoms with Crippen LogP contribution in [0.15, 0.2) is 79.7 Å². The number of nitrogens with one attached hydrogen (secondary N) is 1. The van der Waals surface area contributed by atoms with Crippen molar-refractivity contribution < 1.29 is 22.4 Å². The smallest absolute Gasteiger partial charge is 0.380 e. The summed E-state index contributed by atoms with van der Waals surface area (Å²) in [6.45, 7) is 1.74. The summed E-state index contributed by atoms with van der Waals surface area (Å²) >= 11 is 3.48. The molecule has 0 amide bonds. The molecule has 178 valence electrons. The Labute approximate surface area is 210 Å². The summed E-state index contributed by atoms with van der Waals surface area (Å²) in [5.41, 5.74) is 2.25. The van der Waals surface area contributed by atoms with E-state index in [0.29, 0.717) is 53.1 Å². The number of hydrazone groups is 1. The molecule has 0 saturated heterocycles. The Morgan fingerprint density at radius 3 is 2.71 bits per heavy atom. The first-order valence-corrected chi connectivity index (χ1v) is 13.1. The van der Waals surface area contributed by atoms with Crippen LogP contribution in [0.3, 0.4) is 0 Å². The number of sulfonamides is 1. The van der Waals surface area contributed by atoms with Crippen LogP contribution >= 0.6 is 15.9 Å². The minimum absolute atomic E-state index is 0.0579. The standard InChI is InChI=1S/C25H20BrN3O5S/c1-15-22-19(28-29-35(31,32)16-7-3-2-4-8-16)10-5-11-20(22)33-24(15)25(30)34-21-13-12-18(26)17-9-6-14-27-23(17)21/h2-4,6-9,12-14,29H,5,10-11H2,1H3/b28-19+. The van der Waals surface area contributed by atoms with Crippen LogP contribution in [0.1, 0.15) is 40.3 Å². The lowest BCUT2D eigenvalue weighted by Crippen LogP contribution is -2.22. The number of nitrogens with zero attached hydrogens (tertiary/aromatic N) is 2. The highest BCUT2D eigenvalue weighted by Gasteiger charge is 2.29. The molecule has 35 heavy (non-hydrogen) atoms. The molecular formula is C25H20BrN3O5S. The van der Waals surface area contributed by atoms with Gasteiger partial charge in [0, 0.05) is 33.6 Å². The van der Waals surface area contributed by atoms with E-state index in [9.17, 15) is 13.2 Å². The van der Waals surface area contributed by atoms with Gasteiger partial charge in [0.05, 0.1) is 10.6 Å². The second-order valence-electron chi connectivity index (χ2n) is 8.01. The molecule has 1 N–H and O–H groups in total. The van der Waals surface area contributed by atoms with Crippen LogP contribution in [-0.2, 0) is 16.4 Å². The van der Waals surface area contributed by atoms with Gasteiger partial charge in [-0.1, -0.05) is 40.2 Å². The molecule has 8 nitrogen and oxygen atoms in total. The van der Waals surface area contributed by atoms with E-state index in [1.807, 2.05) is 6.07 Å². The molecule has 2 heterocycles. The number of furan rings is 1. The van der Waals surface area contributed by atoms with E-state index in [1.54, 1.807) is 49.5 Å². The first kappa shape index (κ1) is 23.3. The molecule has 0 unspecified atom stereocenters. The number of pyridine rings is 1. The predicted molar refractivity (Wildman–Crippen MR) is 134 cm³/mol. The van der Waals surface area contributed by atoms with Crippen molar-refractivity contribution in [2.45, 2.75) is 31.1 Å². The largest absolute Gasteiger partial charge is 0.453 e. The van der Waals surface area contributed by atoms with Crippen molar-refractivity contribution in [3.63, 3.8) is 0 Å². The van der Waals surface area contributed by atoms with E-state index >= 15 is 0 Å². The van der Waals surface area contributed by atoms with Gasteiger partial charge in [-0.05, 0) is 50.1 Å². The molecule has 10 heteroatoms. The van der Waals surface area contributed by atoms with Crippen LogP contribution in [-0.4, -0.2) is 25.1 Å². The van der Waals surface area contributed by atoms with Crippen molar-refractivity contribution in [1.82, 2.24) is 9.82 Å². The van der Waals surface area contributed by atoms with Gasteiger partial charge in [0.1, 0.15) is 11.3 Å². The number of hydrogen-bond donors (Lipinski definition) is 1. The monoisotopic (exact) mass is 553 g/mol. The number of aromatic nitrogens is 1. The van der Waals surface area contributed by atoms with Gasteiger partial charge in [-0.25, -0.2) is 4.79 Å². The van der Waals surface area contributed by atoms with Crippen molar-refractivity contribution in [3.8, 4) is 5.75 Å². The van der Waals surface area contributed by atoms with E-state index in [0.717, 1.165) is 9.86 Å². The lowest BCUT2D eigenvalue weighted by molar-refractivity contribution is 0.0700. The topological polar surface area (TPSA) is 111 Å². The molecule has 1 aliphatic rings. The fourth-order valence-electron chi connectivity index (χ4n) is 4.08. The number of carbonyl (C=O) groups excluding carboxylic acids is 1. The third kappa shape index (κ3) is 4.46. The maximum absolute atomic E-state index is 13.1. The normalized spacial score (nSPS) is 14.6. The van der Waals surface area contributed by atoms with Gasteiger partial charge in [-0.15, -0.1) is 0 Å². The molecule has 0 atom stereocenters. The summed E-state index contributed by atoms with van der Waals surface area (Å²) < 4.78 is 37.6. The van der Waals surface area contributed by atoms with Gasteiger partial charge < -0.3 is 9.15 Å². The van der Waals surface area contributed by atoms with Crippen LogP contribution in [0.25, 0.3) is 10.9 Å². The molecule has 0 radical (unpaired) electrons. The van der Waals surface area contributed by atoms with Crippen molar-refractivity contribution in [2.75, 3.05) is 0 Å². The number of esters is 1. The van der Waals surface area contributed by atoms with Gasteiger partial charge in [0.2, 0.25) is 5.76 Å². The van der Waals surface area contributed by atoms with E-state index in [-0.39, 0.29) is 10.7 Å². The third-order valence-electron chi connectivity index (χ3n) is 5.75. The number of hydrogen-bond acceptors (Lipinski definition) is 7. The van der Waals surface area contributed by atoms with Crippen LogP contribution in [0.2, 0.25) is 0 Å². The minimum Gasteiger partial charge on any atom is -0.453 e. The molecule has 0 bridgehead atoms. The Bertz CT molecular complexity index is 1580. The average molecular weight is 554 g/mol. The van der Waals surface area contributed by atoms with Gasteiger partial charge in [-0.3, -0.25) is 4.98 Å². The summed E-state index contributed by atoms with van der Waals surface area (Å²) in [7, 11) is -3.82. The molecule has 1 aliphatic carbocycles. The highest BCUT2D eigenvalue weighted by Crippen LogP contribution is 2.33. The molecule has 0 spiro atoms. The molecule has 2 aromatic heterocycles. The fourth-order valence-corrected chi connectivity index (χ4v) is 5.39. The first-order valence-electron chi connectivity index (χ1n) is 10.9. The molecule has 0 saturated carbocycles. The minimum atomic E-state index is -3.82. The number of fused-ring (bicyclic) bond motifs is 2. The zero-order chi connectivity index (χ0) is 24.6. The Hall–Kier alpha value is -3.50. The predicted octanol–water partition coefficient (Wildman–Crippen LogP) is 5.14. The zero-order valence-electron chi connectivity index (χ0n) is 18.6. The summed E-state index contributed by atoms with van der Waals surface area (Å²) in [4.78, 5) is 19.8. The molecule has 0 fully saturated rings. The fraction of sp³-hybridized carbons (Fsp3) is 0.160. The van der Waals surface area contributed by atoms with E-state index in [1.165, 1.54) is 12.1 Å². The number of benzene rings is 2. The molecule has 2 aromatic carbocycles. The highest BCUT2D eigenvalue weighted by atomic mass is 79.9. The van der Waals surface area contributed by atoms with Gasteiger partial charge >= 0.3 is 5.97 Å². The number of rotatable bonds is 5. The lowest BCUT2D eigenvalue weighted by atomic mass is 9.93. The quantitative estimate of drug-likeness (QED) is 0.208. The summed E-state index contributed by atoms with van der Waals surface area (Å²) in [5.74, 6) is 0.294. The molecule has 4 aromatic rings. The van der Waals surface area contributed by atoms with Crippen LogP contribution in [0.5, 0.6) is 5.75 Å². The van der Waals surface area contributed by atoms with E-state index in [4.69, 9.17) is 9.15 Å². The van der Waals surface area contributed by atoms with Crippen LogP contribution < -0.4 is 9.57 Å². The van der Waals surface area contributed by atoms with Crippen LogP contribution in [0, 0.1) is 6.92 Å². The Morgan fingerprint density at radius 1 is 1.11 bits per heavy atom. The second-order valence-corrected chi connectivity index (χ2v) is 10.5. The maximum atomic E-state index is 13.1. The Kier molecular flexibility index (Phi) is 6.16. The van der Waals surface area contributed by atoms with Crippen molar-refractivity contribution in [3.05, 3.63) is 87.9 Å². The zero-order valence-corrected chi connectivity index (χ0v) is 21.0. The molecular weight excluding hydrogens is 534 g/mol. The lowest BCUT2D eigenvalue weighted by Gasteiger charge is -2.14. The van der Waals surface area contributed by atoms with Crippen molar-refractivity contribution >= 4 is 48.5 Å². The number of halogens is 1. The highest BCUT2D eigenvalue weighted by molar-refractivity contribution is 9.10. The molecule has 5 rings (SSSR count). The van der Waals surface area contributed by atoms with Crippen molar-refractivity contribution in [2.24, 2.45) is 5.10 Å². The number of carbonyl (C=O) groups is 1. The van der Waals surface area contributed by atoms with Gasteiger partial charge in [-0.2, -0.15) is 18.4 Å². The number of ether oxygens (including phenoxy) is 1. The summed E-state index contributed by atoms with van der Waals surface area (Å²) in [6.07, 6.45) is 3.49. The Morgan fingerprint density at radius 2 is 1.91 bits per heavy atom. The summed E-state index contributed by atoms with van der Waals surface area (Å²) in [6, 6.07) is 15.1. The molecule has 0 aliphatic heterocycles. The van der Waals surface area contributed by atoms with Crippen LogP contribution in [0.4, 0.5) is 0 Å². The second kappa shape index (κ2) is 9.27. The number of aryl methyl sites for hydroxylation is 1. The Balaban J connectivity index is 1.45. The van der Waals surface area contributed by atoms with E-state index < -0.39 is 16.0 Å². The van der Waals surface area contributed by atoms with Gasteiger partial charge in [0.15, 0.2) is 5.75 Å². The first-order chi connectivity index (χ1) is 16.8. The average Bonchev–Trinajstić information content (AvgIpc) is 3.22. The summed E-state index contributed by atoms with van der Waals surface area (Å²) in [5, 5.41) is 5.01. The van der Waals surface area contributed by atoms with E-state index in [2.05, 4.69) is 30.8 Å².